The monoisotopic (exact) mass is 288 g/mol. The van der Waals surface area contributed by atoms with Crippen LogP contribution in [0.25, 0.3) is 0 Å². The first-order chi connectivity index (χ1) is 9.81. The Morgan fingerprint density at radius 2 is 2.05 bits per heavy atom. The van der Waals surface area contributed by atoms with Crippen molar-refractivity contribution in [2.24, 2.45) is 10.3 Å². The quantitative estimate of drug-likeness (QED) is 0.936. The molecule has 5 nitrogen and oxygen atoms in total. The van der Waals surface area contributed by atoms with Crippen molar-refractivity contribution in [1.82, 2.24) is 5.53 Å². The third-order valence-electron chi connectivity index (χ3n) is 2.88. The summed E-state index contributed by atoms with van der Waals surface area (Å²) in [5.74, 6) is 0.807. The average molecular weight is 289 g/mol. The maximum Gasteiger partial charge on any atom is 0.154 e. The van der Waals surface area contributed by atoms with E-state index in [9.17, 15) is 0 Å². The molecule has 1 aliphatic rings. The Labute approximate surface area is 121 Å². The van der Waals surface area contributed by atoms with Gasteiger partial charge >= 0.3 is 0 Å². The van der Waals surface area contributed by atoms with Crippen molar-refractivity contribution in [2.75, 3.05) is 11.7 Å². The van der Waals surface area contributed by atoms with Crippen molar-refractivity contribution in [1.29, 1.82) is 0 Å². The van der Waals surface area contributed by atoms with Crippen molar-refractivity contribution < 1.29 is 4.74 Å². The predicted molar refractivity (Wildman–Crippen MR) is 77.6 cm³/mol. The minimum atomic E-state index is 0.493. The topological polar surface area (TPSA) is 49.2 Å². The maximum atomic E-state index is 5.93. The Morgan fingerprint density at radius 1 is 1.20 bits per heavy atom. The van der Waals surface area contributed by atoms with Crippen LogP contribution in [0.5, 0.6) is 5.75 Å². The molecular weight excluding hydrogens is 276 g/mol. The van der Waals surface area contributed by atoms with Gasteiger partial charge in [0.1, 0.15) is 12.4 Å². The van der Waals surface area contributed by atoms with Crippen LogP contribution in [0.2, 0.25) is 5.02 Å². The van der Waals surface area contributed by atoms with Crippen molar-refractivity contribution >= 4 is 17.3 Å². The lowest BCUT2D eigenvalue weighted by Gasteiger charge is -2.15. The fourth-order valence-electron chi connectivity index (χ4n) is 1.87. The number of nitrogens with one attached hydrogen (secondary N) is 1. The van der Waals surface area contributed by atoms with Crippen LogP contribution in [0, 0.1) is 0 Å². The highest BCUT2D eigenvalue weighted by Gasteiger charge is 2.08. The highest BCUT2D eigenvalue weighted by atomic mass is 35.5. The second-order valence-corrected chi connectivity index (χ2v) is 4.76. The molecule has 3 rings (SSSR count). The molecule has 0 saturated carbocycles. The first kappa shape index (κ1) is 12.7. The molecule has 1 heterocycles. The second-order valence-electron chi connectivity index (χ2n) is 4.32. The molecule has 20 heavy (non-hydrogen) atoms. The second kappa shape index (κ2) is 5.79. The average Bonchev–Trinajstić information content (AvgIpc) is 3.00. The first-order valence-corrected chi connectivity index (χ1v) is 6.56. The van der Waals surface area contributed by atoms with Gasteiger partial charge in [-0.3, -0.25) is 0 Å². The molecule has 0 bridgehead atoms. The molecule has 102 valence electrons. The number of hydrogen-bond acceptors (Lipinski definition) is 5. The summed E-state index contributed by atoms with van der Waals surface area (Å²) in [4.78, 5) is 0. The minimum absolute atomic E-state index is 0.493. The van der Waals surface area contributed by atoms with Crippen LogP contribution >= 0.6 is 11.6 Å². The van der Waals surface area contributed by atoms with E-state index in [4.69, 9.17) is 16.3 Å². The number of benzene rings is 2. The molecular formula is C14H13ClN4O. The van der Waals surface area contributed by atoms with E-state index in [2.05, 4.69) is 15.9 Å². The van der Waals surface area contributed by atoms with Crippen LogP contribution in [0.4, 0.5) is 5.69 Å². The molecule has 0 atom stereocenters. The minimum Gasteiger partial charge on any atom is -0.489 e. The molecule has 0 radical (unpaired) electrons. The number of hydrogen-bond donors (Lipinski definition) is 1. The number of halogens is 1. The molecule has 0 unspecified atom stereocenters. The summed E-state index contributed by atoms with van der Waals surface area (Å²) in [5, 5.41) is 10.1. The van der Waals surface area contributed by atoms with Gasteiger partial charge in [0.15, 0.2) is 6.67 Å². The first-order valence-electron chi connectivity index (χ1n) is 6.18. The molecule has 0 fully saturated rings. The van der Waals surface area contributed by atoms with Gasteiger partial charge in [-0.1, -0.05) is 29.0 Å². The third-order valence-corrected chi connectivity index (χ3v) is 3.12. The van der Waals surface area contributed by atoms with Gasteiger partial charge in [0.25, 0.3) is 0 Å². The van der Waals surface area contributed by atoms with E-state index >= 15 is 0 Å². The van der Waals surface area contributed by atoms with Gasteiger partial charge in [-0.05, 0) is 42.0 Å². The van der Waals surface area contributed by atoms with E-state index in [0.717, 1.165) is 17.0 Å². The number of nitrogens with zero attached hydrogens (tertiary/aromatic N) is 3. The zero-order valence-corrected chi connectivity index (χ0v) is 11.4. The van der Waals surface area contributed by atoms with E-state index in [-0.39, 0.29) is 0 Å². The predicted octanol–water partition coefficient (Wildman–Crippen LogP) is 3.57. The van der Waals surface area contributed by atoms with Crippen LogP contribution in [-0.4, -0.2) is 6.67 Å². The zero-order valence-electron chi connectivity index (χ0n) is 10.7. The fraction of sp³-hybridized carbons (Fsp3) is 0.143. The Hall–Kier alpha value is -2.27. The number of hydrazine groups is 1. The Morgan fingerprint density at radius 3 is 2.75 bits per heavy atom. The Balaban J connectivity index is 1.60. The lowest BCUT2D eigenvalue weighted by molar-refractivity contribution is 0.306. The third kappa shape index (κ3) is 3.00. The molecule has 2 aromatic carbocycles. The molecule has 0 aliphatic carbocycles. The van der Waals surface area contributed by atoms with E-state index in [1.54, 1.807) is 0 Å². The summed E-state index contributed by atoms with van der Waals surface area (Å²) < 4.78 is 5.72. The van der Waals surface area contributed by atoms with Crippen LogP contribution in [0.15, 0.2) is 58.9 Å². The van der Waals surface area contributed by atoms with Gasteiger partial charge in [-0.2, -0.15) is 5.53 Å². The lowest BCUT2D eigenvalue weighted by atomic mass is 10.2. The van der Waals surface area contributed by atoms with Crippen molar-refractivity contribution in [2.45, 2.75) is 6.61 Å². The summed E-state index contributed by atoms with van der Waals surface area (Å²) in [5.41, 5.74) is 4.83. The summed E-state index contributed by atoms with van der Waals surface area (Å²) in [6.45, 7) is 1.01. The van der Waals surface area contributed by atoms with Crippen LogP contribution in [-0.2, 0) is 6.61 Å². The summed E-state index contributed by atoms with van der Waals surface area (Å²) in [7, 11) is 0. The van der Waals surface area contributed by atoms with Gasteiger partial charge in [0.05, 0.1) is 5.69 Å². The fourth-order valence-corrected chi connectivity index (χ4v) is 2.08. The van der Waals surface area contributed by atoms with Gasteiger partial charge < -0.3 is 4.74 Å². The van der Waals surface area contributed by atoms with E-state index < -0.39 is 0 Å². The molecule has 0 spiro atoms. The number of ether oxygens (including phenoxy) is 1. The molecule has 6 heteroatoms. The summed E-state index contributed by atoms with van der Waals surface area (Å²) >= 11 is 5.93. The highest BCUT2D eigenvalue weighted by molar-refractivity contribution is 6.30. The number of anilines is 1. The SMILES string of the molecule is Clc1cccc(COc2ccc(N3CN=NN3)cc2)c1. The number of rotatable bonds is 4. The zero-order chi connectivity index (χ0) is 13.8. The standard InChI is InChI=1S/C14H13ClN4O/c15-12-3-1-2-11(8-12)9-20-14-6-4-13(5-7-14)19-10-16-17-18-19/h1-8H,9-10H2,(H,16,18). The molecule has 0 amide bonds. The van der Waals surface area contributed by atoms with E-state index in [1.807, 2.05) is 53.5 Å². The molecule has 1 aliphatic heterocycles. The lowest BCUT2D eigenvalue weighted by Crippen LogP contribution is -2.29. The van der Waals surface area contributed by atoms with E-state index in [1.165, 1.54) is 0 Å². The van der Waals surface area contributed by atoms with Gasteiger partial charge in [-0.15, -0.1) is 5.11 Å². The van der Waals surface area contributed by atoms with Crippen molar-refractivity contribution in [3.8, 4) is 5.75 Å². The summed E-state index contributed by atoms with van der Waals surface area (Å²) in [6.07, 6.45) is 0. The van der Waals surface area contributed by atoms with E-state index in [0.29, 0.717) is 18.3 Å². The molecule has 0 saturated heterocycles. The normalized spacial score (nSPS) is 13.3. The largest absolute Gasteiger partial charge is 0.489 e. The maximum absolute atomic E-state index is 5.93. The molecule has 2 aromatic rings. The molecule has 1 N–H and O–H groups in total. The highest BCUT2D eigenvalue weighted by Crippen LogP contribution is 2.21. The van der Waals surface area contributed by atoms with Gasteiger partial charge in [-0.25, -0.2) is 5.01 Å². The van der Waals surface area contributed by atoms with Gasteiger partial charge in [0.2, 0.25) is 0 Å². The van der Waals surface area contributed by atoms with Crippen LogP contribution in [0.1, 0.15) is 5.56 Å². The van der Waals surface area contributed by atoms with Crippen molar-refractivity contribution in [3.63, 3.8) is 0 Å². The summed E-state index contributed by atoms with van der Waals surface area (Å²) in [6, 6.07) is 15.4. The van der Waals surface area contributed by atoms with Crippen molar-refractivity contribution in [3.05, 3.63) is 59.1 Å². The van der Waals surface area contributed by atoms with Crippen LogP contribution < -0.4 is 15.3 Å². The van der Waals surface area contributed by atoms with Crippen LogP contribution in [0.3, 0.4) is 0 Å². The Bertz CT molecular complexity index is 607. The smallest absolute Gasteiger partial charge is 0.154 e. The van der Waals surface area contributed by atoms with Gasteiger partial charge in [0, 0.05) is 5.02 Å². The Kier molecular flexibility index (Phi) is 3.69. The molecule has 0 aromatic heterocycles.